The van der Waals surface area contributed by atoms with Crippen LogP contribution >= 0.6 is 22.6 Å². The van der Waals surface area contributed by atoms with Crippen molar-refractivity contribution < 1.29 is 28.2 Å². The minimum atomic E-state index is -0.817. The van der Waals surface area contributed by atoms with Crippen molar-refractivity contribution in [2.24, 2.45) is 5.10 Å². The second-order valence-corrected chi connectivity index (χ2v) is 7.02. The van der Waals surface area contributed by atoms with Gasteiger partial charge < -0.3 is 14.2 Å². The van der Waals surface area contributed by atoms with E-state index in [0.717, 1.165) is 6.07 Å². The lowest BCUT2D eigenvalue weighted by atomic mass is 10.1. The number of hydrogen-bond acceptors (Lipinski definition) is 7. The number of hydrazone groups is 1. The zero-order chi connectivity index (χ0) is 22.8. The third-order valence-corrected chi connectivity index (χ3v) is 4.50. The van der Waals surface area contributed by atoms with Gasteiger partial charge in [0.2, 0.25) is 0 Å². The summed E-state index contributed by atoms with van der Waals surface area (Å²) in [5.41, 5.74) is 2.70. The number of carbonyl (C=O) groups excluding carboxylic acids is 2. The predicted octanol–water partition coefficient (Wildman–Crippen LogP) is 3.41. The highest BCUT2D eigenvalue weighted by atomic mass is 127. The summed E-state index contributed by atoms with van der Waals surface area (Å²) in [7, 11) is 0. The van der Waals surface area contributed by atoms with E-state index in [-0.39, 0.29) is 24.3 Å². The second-order valence-electron chi connectivity index (χ2n) is 5.86. The normalized spacial score (nSPS) is 10.4. The third kappa shape index (κ3) is 6.92. The number of rotatable bonds is 9. The molecule has 1 N–H and O–H groups in total. The average Bonchev–Trinajstić information content (AvgIpc) is 2.73. The molecule has 0 bridgehead atoms. The Balaban J connectivity index is 2.13. The molecule has 0 saturated heterocycles. The zero-order valence-electron chi connectivity index (χ0n) is 16.8. The maximum atomic E-state index is 13.9. The fourth-order valence-electron chi connectivity index (χ4n) is 2.39. The Kier molecular flexibility index (Phi) is 9.20. The summed E-state index contributed by atoms with van der Waals surface area (Å²) in [6.45, 7) is 3.86. The van der Waals surface area contributed by atoms with Gasteiger partial charge in [-0.05, 0) is 72.3 Å². The minimum absolute atomic E-state index is 0.112. The molecule has 0 aliphatic heterocycles. The van der Waals surface area contributed by atoms with E-state index in [1.165, 1.54) is 18.3 Å². The lowest BCUT2D eigenvalue weighted by Gasteiger charge is -2.14. The van der Waals surface area contributed by atoms with Gasteiger partial charge in [-0.1, -0.05) is 0 Å². The van der Waals surface area contributed by atoms with Crippen molar-refractivity contribution in [3.63, 3.8) is 0 Å². The molecule has 162 valence electrons. The summed E-state index contributed by atoms with van der Waals surface area (Å²) in [6, 6.07) is 8.66. The van der Waals surface area contributed by atoms with Crippen LogP contribution in [-0.2, 0) is 9.53 Å². The second kappa shape index (κ2) is 11.8. The van der Waals surface area contributed by atoms with Crippen LogP contribution in [0, 0.1) is 20.7 Å². The van der Waals surface area contributed by atoms with E-state index in [1.807, 2.05) is 22.6 Å². The van der Waals surface area contributed by atoms with Gasteiger partial charge >= 0.3 is 5.97 Å². The maximum Gasteiger partial charge on any atom is 0.344 e. The molecule has 2 aromatic carbocycles. The van der Waals surface area contributed by atoms with Gasteiger partial charge in [0.1, 0.15) is 5.82 Å². The summed E-state index contributed by atoms with van der Waals surface area (Å²) in [5.74, 6) is -1.29. The lowest BCUT2D eigenvalue weighted by Crippen LogP contribution is -2.19. The number of halogens is 2. The largest absolute Gasteiger partial charge is 0.490 e. The van der Waals surface area contributed by atoms with Crippen molar-refractivity contribution in [1.29, 1.82) is 5.26 Å². The highest BCUT2D eigenvalue weighted by molar-refractivity contribution is 14.1. The summed E-state index contributed by atoms with van der Waals surface area (Å²) in [5, 5.41) is 12.6. The van der Waals surface area contributed by atoms with Crippen LogP contribution in [0.2, 0.25) is 0 Å². The van der Waals surface area contributed by atoms with Gasteiger partial charge in [0.15, 0.2) is 18.1 Å². The molecular weight excluding hydrogens is 520 g/mol. The van der Waals surface area contributed by atoms with Crippen LogP contribution < -0.4 is 14.9 Å². The number of nitrogens with one attached hydrogen (secondary N) is 1. The van der Waals surface area contributed by atoms with Crippen LogP contribution in [-0.4, -0.2) is 37.9 Å². The van der Waals surface area contributed by atoms with Gasteiger partial charge in [0.25, 0.3) is 5.91 Å². The molecule has 0 aliphatic rings. The highest BCUT2D eigenvalue weighted by Crippen LogP contribution is 2.34. The van der Waals surface area contributed by atoms with Gasteiger partial charge in [-0.3, -0.25) is 4.79 Å². The van der Waals surface area contributed by atoms with Crippen LogP contribution in [0.3, 0.4) is 0 Å². The fourth-order valence-corrected chi connectivity index (χ4v) is 3.17. The molecule has 31 heavy (non-hydrogen) atoms. The molecule has 10 heteroatoms. The standard InChI is InChI=1S/C21H19FIN3O5/c1-3-29-18-9-14(8-17(23)20(18)31-12-19(27)30-4-2)11-25-26-21(28)15-6-5-13(10-24)7-16(15)22/h5-9,11H,3-4,12H2,1-2H3,(H,26,28)/b25-11-. The third-order valence-electron chi connectivity index (χ3n) is 3.69. The number of ether oxygens (including phenoxy) is 3. The molecule has 2 rings (SSSR count). The Bertz CT molecular complexity index is 1040. The molecule has 0 spiro atoms. The molecule has 0 atom stereocenters. The summed E-state index contributed by atoms with van der Waals surface area (Å²) in [6.07, 6.45) is 1.36. The monoisotopic (exact) mass is 539 g/mol. The number of nitrogens with zero attached hydrogens (tertiary/aromatic N) is 2. The molecule has 0 aliphatic carbocycles. The van der Waals surface area contributed by atoms with Gasteiger partial charge in [-0.25, -0.2) is 14.6 Å². The Labute approximate surface area is 192 Å². The Morgan fingerprint density at radius 2 is 2.00 bits per heavy atom. The number of carbonyl (C=O) groups is 2. The molecular formula is C21H19FIN3O5. The molecule has 0 heterocycles. The van der Waals surface area contributed by atoms with Crippen LogP contribution in [0.25, 0.3) is 0 Å². The Hall–Kier alpha value is -3.20. The van der Waals surface area contributed by atoms with Crippen LogP contribution in [0.4, 0.5) is 4.39 Å². The van der Waals surface area contributed by atoms with Crippen molar-refractivity contribution in [1.82, 2.24) is 5.43 Å². The topological polar surface area (TPSA) is 110 Å². The van der Waals surface area contributed by atoms with Crippen LogP contribution in [0.15, 0.2) is 35.4 Å². The minimum Gasteiger partial charge on any atom is -0.490 e. The van der Waals surface area contributed by atoms with Crippen LogP contribution in [0.1, 0.15) is 35.3 Å². The smallest absolute Gasteiger partial charge is 0.344 e. The van der Waals surface area contributed by atoms with Crippen molar-refractivity contribution in [3.05, 3.63) is 56.4 Å². The Morgan fingerprint density at radius 3 is 2.65 bits per heavy atom. The highest BCUT2D eigenvalue weighted by Gasteiger charge is 2.15. The van der Waals surface area contributed by atoms with E-state index in [4.69, 9.17) is 19.5 Å². The number of nitriles is 1. The van der Waals surface area contributed by atoms with E-state index in [2.05, 4.69) is 10.5 Å². The van der Waals surface area contributed by atoms with E-state index >= 15 is 0 Å². The van der Waals surface area contributed by atoms with Crippen molar-refractivity contribution in [2.75, 3.05) is 19.8 Å². The number of hydrogen-bond donors (Lipinski definition) is 1. The number of benzene rings is 2. The van der Waals surface area contributed by atoms with Gasteiger partial charge in [-0.15, -0.1) is 0 Å². The van der Waals surface area contributed by atoms with E-state index in [1.54, 1.807) is 32.0 Å². The zero-order valence-corrected chi connectivity index (χ0v) is 18.9. The van der Waals surface area contributed by atoms with Crippen LogP contribution in [0.5, 0.6) is 11.5 Å². The summed E-state index contributed by atoms with van der Waals surface area (Å²) < 4.78 is 30.5. The molecule has 2 aromatic rings. The SMILES string of the molecule is CCOC(=O)COc1c(I)cc(/C=N\NC(=O)c2ccc(C#N)cc2F)cc1OCC. The van der Waals surface area contributed by atoms with Crippen molar-refractivity contribution >= 4 is 40.7 Å². The van der Waals surface area contributed by atoms with E-state index in [0.29, 0.717) is 27.2 Å². The lowest BCUT2D eigenvalue weighted by molar-refractivity contribution is -0.145. The number of amides is 1. The molecule has 1 amide bonds. The first kappa shape index (κ1) is 24.1. The first-order chi connectivity index (χ1) is 14.9. The molecule has 0 radical (unpaired) electrons. The summed E-state index contributed by atoms with van der Waals surface area (Å²) >= 11 is 2.02. The first-order valence-corrected chi connectivity index (χ1v) is 10.2. The molecule has 0 saturated carbocycles. The fraction of sp³-hybridized carbons (Fsp3) is 0.238. The van der Waals surface area contributed by atoms with Gasteiger partial charge in [-0.2, -0.15) is 10.4 Å². The quantitative estimate of drug-likeness (QED) is 0.227. The van der Waals surface area contributed by atoms with E-state index in [9.17, 15) is 14.0 Å². The van der Waals surface area contributed by atoms with Crippen molar-refractivity contribution in [3.8, 4) is 17.6 Å². The molecule has 0 fully saturated rings. The maximum absolute atomic E-state index is 13.9. The average molecular weight is 539 g/mol. The first-order valence-electron chi connectivity index (χ1n) is 9.17. The number of esters is 1. The van der Waals surface area contributed by atoms with Gasteiger partial charge in [0, 0.05) is 0 Å². The Morgan fingerprint density at radius 1 is 1.23 bits per heavy atom. The predicted molar refractivity (Wildman–Crippen MR) is 119 cm³/mol. The van der Waals surface area contributed by atoms with E-state index < -0.39 is 17.7 Å². The molecule has 0 unspecified atom stereocenters. The van der Waals surface area contributed by atoms with Gasteiger partial charge in [0.05, 0.1) is 40.2 Å². The summed E-state index contributed by atoms with van der Waals surface area (Å²) in [4.78, 5) is 23.7. The molecule has 8 nitrogen and oxygen atoms in total. The molecule has 0 aromatic heterocycles. The van der Waals surface area contributed by atoms with Crippen molar-refractivity contribution in [2.45, 2.75) is 13.8 Å².